The zero-order chi connectivity index (χ0) is 13.1. The van der Waals surface area contributed by atoms with Gasteiger partial charge in [0.25, 0.3) is 5.91 Å². The summed E-state index contributed by atoms with van der Waals surface area (Å²) in [5.74, 6) is 0.490. The Hall–Kier alpha value is -1.15. The van der Waals surface area contributed by atoms with Crippen molar-refractivity contribution in [2.45, 2.75) is 19.4 Å². The summed E-state index contributed by atoms with van der Waals surface area (Å²) in [6.45, 7) is 2.32. The summed E-state index contributed by atoms with van der Waals surface area (Å²) >= 11 is 2.75. The van der Waals surface area contributed by atoms with Crippen LogP contribution in [-0.4, -0.2) is 55.6 Å². The van der Waals surface area contributed by atoms with Crippen LogP contribution in [0.3, 0.4) is 0 Å². The number of aliphatic carboxylic acids is 1. The molecule has 1 aromatic heterocycles. The maximum absolute atomic E-state index is 12.3. The van der Waals surface area contributed by atoms with Crippen molar-refractivity contribution in [3.8, 4) is 0 Å². The number of rotatable bonds is 3. The quantitative estimate of drug-likeness (QED) is 0.888. The number of carbonyl (C=O) groups excluding carboxylic acids is 1. The fourth-order valence-electron chi connectivity index (χ4n) is 1.85. The Balaban J connectivity index is 2.16. The van der Waals surface area contributed by atoms with Crippen LogP contribution in [0, 0.1) is 6.92 Å². The standard InChI is InChI=1S/C10H13N3O3S2/c1-6-9(18-12-11-6)10(16)13-2-3-17-5-7(13)4-8(14)15/h7H,2-5H2,1H3,(H,14,15). The molecule has 98 valence electrons. The first-order valence-electron chi connectivity index (χ1n) is 5.49. The van der Waals surface area contributed by atoms with Crippen molar-refractivity contribution in [1.82, 2.24) is 14.5 Å². The summed E-state index contributed by atoms with van der Waals surface area (Å²) < 4.78 is 3.75. The molecule has 1 amide bonds. The SMILES string of the molecule is Cc1nnsc1C(=O)N1CCSCC1CC(=O)O. The van der Waals surface area contributed by atoms with Gasteiger partial charge in [-0.15, -0.1) is 5.10 Å². The third-order valence-electron chi connectivity index (χ3n) is 2.74. The van der Waals surface area contributed by atoms with Crippen LogP contribution in [0.15, 0.2) is 0 Å². The lowest BCUT2D eigenvalue weighted by molar-refractivity contribution is -0.138. The molecule has 1 aliphatic heterocycles. The molecule has 0 radical (unpaired) electrons. The van der Waals surface area contributed by atoms with Crippen molar-refractivity contribution >= 4 is 35.2 Å². The molecular weight excluding hydrogens is 274 g/mol. The van der Waals surface area contributed by atoms with Gasteiger partial charge in [-0.1, -0.05) is 4.49 Å². The molecule has 8 heteroatoms. The Morgan fingerprint density at radius 3 is 2.94 bits per heavy atom. The molecule has 0 aliphatic carbocycles. The molecular formula is C10H13N3O3S2. The van der Waals surface area contributed by atoms with Crippen molar-refractivity contribution in [3.05, 3.63) is 10.6 Å². The zero-order valence-electron chi connectivity index (χ0n) is 9.83. The highest BCUT2D eigenvalue weighted by atomic mass is 32.2. The lowest BCUT2D eigenvalue weighted by atomic mass is 10.2. The van der Waals surface area contributed by atoms with E-state index >= 15 is 0 Å². The van der Waals surface area contributed by atoms with Crippen LogP contribution in [0.25, 0.3) is 0 Å². The number of carbonyl (C=O) groups is 2. The zero-order valence-corrected chi connectivity index (χ0v) is 11.5. The van der Waals surface area contributed by atoms with E-state index in [1.165, 1.54) is 0 Å². The maximum atomic E-state index is 12.3. The van der Waals surface area contributed by atoms with E-state index in [4.69, 9.17) is 5.11 Å². The molecule has 1 atom stereocenters. The molecule has 6 nitrogen and oxygen atoms in total. The van der Waals surface area contributed by atoms with Gasteiger partial charge in [0, 0.05) is 18.1 Å². The highest BCUT2D eigenvalue weighted by Gasteiger charge is 2.31. The third-order valence-corrected chi connectivity index (χ3v) is 4.65. The number of aryl methyl sites for hydroxylation is 1. The average molecular weight is 287 g/mol. The van der Waals surface area contributed by atoms with Crippen LogP contribution in [0.5, 0.6) is 0 Å². The first-order valence-corrected chi connectivity index (χ1v) is 7.42. The first-order chi connectivity index (χ1) is 8.59. The number of amides is 1. The second-order valence-corrected chi connectivity index (χ2v) is 5.92. The fourth-order valence-corrected chi connectivity index (χ4v) is 3.53. The number of nitrogens with zero attached hydrogens (tertiary/aromatic N) is 3. The van der Waals surface area contributed by atoms with Gasteiger partial charge in [-0.2, -0.15) is 11.8 Å². The Morgan fingerprint density at radius 2 is 2.33 bits per heavy atom. The van der Waals surface area contributed by atoms with Crippen molar-refractivity contribution in [1.29, 1.82) is 0 Å². The molecule has 2 heterocycles. The minimum absolute atomic E-state index is 0.00990. The molecule has 2 rings (SSSR count). The molecule has 1 aromatic rings. The van der Waals surface area contributed by atoms with Gasteiger partial charge in [-0.05, 0) is 18.5 Å². The summed E-state index contributed by atoms with van der Waals surface area (Å²) in [4.78, 5) is 25.3. The van der Waals surface area contributed by atoms with E-state index in [-0.39, 0.29) is 18.4 Å². The van der Waals surface area contributed by atoms with E-state index in [1.54, 1.807) is 23.6 Å². The van der Waals surface area contributed by atoms with Gasteiger partial charge in [-0.3, -0.25) is 9.59 Å². The average Bonchev–Trinajstić information content (AvgIpc) is 2.74. The number of carboxylic acid groups (broad SMARTS) is 1. The number of hydrogen-bond acceptors (Lipinski definition) is 6. The van der Waals surface area contributed by atoms with E-state index in [0.717, 1.165) is 17.3 Å². The van der Waals surface area contributed by atoms with Gasteiger partial charge < -0.3 is 10.0 Å². The summed E-state index contributed by atoms with van der Waals surface area (Å²) in [7, 11) is 0. The van der Waals surface area contributed by atoms with Gasteiger partial charge in [0.1, 0.15) is 4.88 Å². The number of thioether (sulfide) groups is 1. The Labute approximate surface area is 113 Å². The maximum Gasteiger partial charge on any atom is 0.305 e. The van der Waals surface area contributed by atoms with Gasteiger partial charge in [0.15, 0.2) is 0 Å². The highest BCUT2D eigenvalue weighted by molar-refractivity contribution is 7.99. The predicted molar refractivity (Wildman–Crippen MR) is 69.0 cm³/mol. The van der Waals surface area contributed by atoms with Gasteiger partial charge in [-0.25, -0.2) is 0 Å². The second-order valence-electron chi connectivity index (χ2n) is 4.01. The Kier molecular flexibility index (Phi) is 4.18. The molecule has 1 unspecified atom stereocenters. The van der Waals surface area contributed by atoms with Gasteiger partial charge in [0.2, 0.25) is 0 Å². The predicted octanol–water partition coefficient (Wildman–Crippen LogP) is 0.879. The molecule has 1 saturated heterocycles. The number of hydrogen-bond donors (Lipinski definition) is 1. The lowest BCUT2D eigenvalue weighted by Crippen LogP contribution is -2.47. The molecule has 1 N–H and O–H groups in total. The second kappa shape index (κ2) is 5.66. The summed E-state index contributed by atoms with van der Waals surface area (Å²) in [6.07, 6.45) is -0.00990. The van der Waals surface area contributed by atoms with Crippen molar-refractivity contribution in [2.24, 2.45) is 0 Å². The van der Waals surface area contributed by atoms with E-state index < -0.39 is 5.97 Å². The first kappa shape index (κ1) is 13.3. The lowest BCUT2D eigenvalue weighted by Gasteiger charge is -2.34. The molecule has 0 aromatic carbocycles. The van der Waals surface area contributed by atoms with Crippen molar-refractivity contribution in [3.63, 3.8) is 0 Å². The van der Waals surface area contributed by atoms with Crippen molar-refractivity contribution < 1.29 is 14.7 Å². The largest absolute Gasteiger partial charge is 0.481 e. The molecule has 1 fully saturated rings. The number of carboxylic acids is 1. The van der Waals surface area contributed by atoms with Gasteiger partial charge in [0.05, 0.1) is 18.2 Å². The molecule has 18 heavy (non-hydrogen) atoms. The summed E-state index contributed by atoms with van der Waals surface area (Å²) in [5.41, 5.74) is 0.609. The van der Waals surface area contributed by atoms with Crippen molar-refractivity contribution in [2.75, 3.05) is 18.1 Å². The fraction of sp³-hybridized carbons (Fsp3) is 0.600. The smallest absolute Gasteiger partial charge is 0.305 e. The third kappa shape index (κ3) is 2.81. The normalized spacial score (nSPS) is 19.8. The van der Waals surface area contributed by atoms with E-state index in [1.807, 2.05) is 0 Å². The topological polar surface area (TPSA) is 83.4 Å². The van der Waals surface area contributed by atoms with Crippen LogP contribution in [0.2, 0.25) is 0 Å². The summed E-state index contributed by atoms with van der Waals surface area (Å²) in [6, 6.07) is -0.241. The van der Waals surface area contributed by atoms with E-state index in [9.17, 15) is 9.59 Å². The summed E-state index contributed by atoms with van der Waals surface area (Å²) in [5, 5.41) is 12.7. The van der Waals surface area contributed by atoms with Crippen LogP contribution < -0.4 is 0 Å². The van der Waals surface area contributed by atoms with Crippen LogP contribution in [0.4, 0.5) is 0 Å². The minimum atomic E-state index is -0.876. The van der Waals surface area contributed by atoms with Crippen LogP contribution in [-0.2, 0) is 4.79 Å². The molecule has 1 aliphatic rings. The van der Waals surface area contributed by atoms with Crippen LogP contribution >= 0.6 is 23.3 Å². The number of aromatic nitrogens is 2. The van der Waals surface area contributed by atoms with E-state index in [2.05, 4.69) is 9.59 Å². The Bertz CT molecular complexity index is 463. The van der Waals surface area contributed by atoms with Gasteiger partial charge >= 0.3 is 5.97 Å². The van der Waals surface area contributed by atoms with E-state index in [0.29, 0.717) is 22.9 Å². The monoisotopic (exact) mass is 287 g/mol. The molecule has 0 spiro atoms. The minimum Gasteiger partial charge on any atom is -0.481 e. The highest BCUT2D eigenvalue weighted by Crippen LogP contribution is 2.23. The molecule has 0 bridgehead atoms. The Morgan fingerprint density at radius 1 is 1.56 bits per heavy atom. The van der Waals surface area contributed by atoms with Crippen LogP contribution in [0.1, 0.15) is 21.8 Å². The molecule has 0 saturated carbocycles.